The highest BCUT2D eigenvalue weighted by molar-refractivity contribution is 6.31. The third-order valence-electron chi connectivity index (χ3n) is 5.57. The number of amides is 1. The predicted octanol–water partition coefficient (Wildman–Crippen LogP) is 4.30. The summed E-state index contributed by atoms with van der Waals surface area (Å²) in [5.74, 6) is 0.729. The van der Waals surface area contributed by atoms with Crippen molar-refractivity contribution in [3.8, 4) is 0 Å². The van der Waals surface area contributed by atoms with Gasteiger partial charge in [0.25, 0.3) is 0 Å². The first-order chi connectivity index (χ1) is 13.2. The van der Waals surface area contributed by atoms with Gasteiger partial charge in [0.15, 0.2) is 0 Å². The van der Waals surface area contributed by atoms with Gasteiger partial charge in [0.05, 0.1) is 0 Å². The minimum atomic E-state index is 0.120. The van der Waals surface area contributed by atoms with Crippen molar-refractivity contribution in [3.63, 3.8) is 0 Å². The van der Waals surface area contributed by atoms with Crippen LogP contribution in [0.3, 0.4) is 0 Å². The van der Waals surface area contributed by atoms with E-state index in [0.717, 1.165) is 49.7 Å². The van der Waals surface area contributed by atoms with Gasteiger partial charge in [-0.25, -0.2) is 0 Å². The molecule has 2 aromatic carbocycles. The van der Waals surface area contributed by atoms with E-state index in [2.05, 4.69) is 47.4 Å². The van der Waals surface area contributed by atoms with E-state index in [-0.39, 0.29) is 5.92 Å². The van der Waals surface area contributed by atoms with Crippen LogP contribution in [0.5, 0.6) is 0 Å². The third kappa shape index (κ3) is 4.42. The van der Waals surface area contributed by atoms with Crippen LogP contribution in [0.15, 0.2) is 60.7 Å². The fraction of sp³-hybridized carbons (Fsp3) is 0.348. The second kappa shape index (κ2) is 8.28. The van der Waals surface area contributed by atoms with Gasteiger partial charge in [-0.05, 0) is 29.5 Å². The van der Waals surface area contributed by atoms with Gasteiger partial charge in [0.2, 0.25) is 5.91 Å². The van der Waals surface area contributed by atoms with Crippen LogP contribution in [0.2, 0.25) is 5.02 Å². The first-order valence-corrected chi connectivity index (χ1v) is 10.1. The van der Waals surface area contributed by atoms with E-state index >= 15 is 0 Å². The molecule has 1 heterocycles. The van der Waals surface area contributed by atoms with Crippen LogP contribution >= 0.6 is 11.6 Å². The maximum Gasteiger partial charge on any atom is 0.226 e. The zero-order chi connectivity index (χ0) is 18.6. The summed E-state index contributed by atoms with van der Waals surface area (Å²) in [6, 6.07) is 18.3. The average molecular weight is 381 g/mol. The Morgan fingerprint density at radius 1 is 1.00 bits per heavy atom. The summed E-state index contributed by atoms with van der Waals surface area (Å²) in [5.41, 5.74) is 2.35. The summed E-state index contributed by atoms with van der Waals surface area (Å²) in [5, 5.41) is 0.785. The molecule has 0 bridgehead atoms. The molecule has 1 amide bonds. The molecular weight excluding hydrogens is 356 g/mol. The fourth-order valence-corrected chi connectivity index (χ4v) is 4.15. The lowest BCUT2D eigenvalue weighted by atomic mass is 10.1. The van der Waals surface area contributed by atoms with Gasteiger partial charge in [-0.15, -0.1) is 0 Å². The Bertz CT molecular complexity index is 812. The van der Waals surface area contributed by atoms with Crippen LogP contribution in [0.1, 0.15) is 23.5 Å². The lowest BCUT2D eigenvalue weighted by Gasteiger charge is -2.34. The molecule has 4 heteroatoms. The highest BCUT2D eigenvalue weighted by Gasteiger charge is 2.46. The monoisotopic (exact) mass is 380 g/mol. The molecule has 2 unspecified atom stereocenters. The number of carbonyl (C=O) groups is 1. The molecule has 1 saturated heterocycles. The quantitative estimate of drug-likeness (QED) is 0.772. The molecule has 3 nitrogen and oxygen atoms in total. The number of rotatable bonds is 5. The van der Waals surface area contributed by atoms with Crippen molar-refractivity contribution in [1.82, 2.24) is 9.80 Å². The molecule has 2 aromatic rings. The standard InChI is InChI=1S/C23H25ClN2O/c24-22-11-5-4-10-19(22)20-17-21(20)23(27)26-15-13-25(14-16-26)12-6-9-18-7-2-1-3-8-18/h1-11,20-21H,12-17H2/b9-6+. The molecule has 2 aliphatic rings. The lowest BCUT2D eigenvalue weighted by molar-refractivity contribution is -0.134. The number of hydrogen-bond acceptors (Lipinski definition) is 2. The largest absolute Gasteiger partial charge is 0.340 e. The van der Waals surface area contributed by atoms with Gasteiger partial charge in [0, 0.05) is 43.7 Å². The van der Waals surface area contributed by atoms with Crippen molar-refractivity contribution in [2.24, 2.45) is 5.92 Å². The van der Waals surface area contributed by atoms with Gasteiger partial charge >= 0.3 is 0 Å². The summed E-state index contributed by atoms with van der Waals surface area (Å²) in [6.07, 6.45) is 5.31. The van der Waals surface area contributed by atoms with Gasteiger partial charge in [-0.3, -0.25) is 9.69 Å². The smallest absolute Gasteiger partial charge is 0.226 e. The molecule has 2 atom stereocenters. The highest BCUT2D eigenvalue weighted by atomic mass is 35.5. The first-order valence-electron chi connectivity index (χ1n) is 9.69. The van der Waals surface area contributed by atoms with Crippen LogP contribution in [0.4, 0.5) is 0 Å². The Labute approximate surface area is 166 Å². The normalized spacial score (nSPS) is 22.9. The molecule has 1 aliphatic heterocycles. The second-order valence-electron chi connectivity index (χ2n) is 7.41. The molecule has 27 heavy (non-hydrogen) atoms. The maximum absolute atomic E-state index is 12.8. The van der Waals surface area contributed by atoms with Crippen molar-refractivity contribution < 1.29 is 4.79 Å². The molecule has 4 rings (SSSR count). The van der Waals surface area contributed by atoms with E-state index in [0.29, 0.717) is 11.8 Å². The lowest BCUT2D eigenvalue weighted by Crippen LogP contribution is -2.49. The van der Waals surface area contributed by atoms with Gasteiger partial charge in [-0.1, -0.05) is 72.3 Å². The fourth-order valence-electron chi connectivity index (χ4n) is 3.87. The van der Waals surface area contributed by atoms with Crippen molar-refractivity contribution in [1.29, 1.82) is 0 Å². The van der Waals surface area contributed by atoms with E-state index in [1.807, 2.05) is 29.2 Å². The minimum absolute atomic E-state index is 0.120. The number of hydrogen-bond donors (Lipinski definition) is 0. The van der Waals surface area contributed by atoms with E-state index in [1.54, 1.807) is 0 Å². The van der Waals surface area contributed by atoms with Crippen molar-refractivity contribution in [2.45, 2.75) is 12.3 Å². The van der Waals surface area contributed by atoms with Crippen LogP contribution in [-0.2, 0) is 4.79 Å². The predicted molar refractivity (Wildman–Crippen MR) is 111 cm³/mol. The highest BCUT2D eigenvalue weighted by Crippen LogP contribution is 2.50. The van der Waals surface area contributed by atoms with Crippen molar-refractivity contribution in [3.05, 3.63) is 76.8 Å². The Morgan fingerprint density at radius 2 is 1.70 bits per heavy atom. The molecule has 1 aliphatic carbocycles. The number of benzene rings is 2. The minimum Gasteiger partial charge on any atom is -0.340 e. The van der Waals surface area contributed by atoms with Gasteiger partial charge < -0.3 is 4.90 Å². The Hall–Kier alpha value is -2.10. The molecular formula is C23H25ClN2O. The van der Waals surface area contributed by atoms with E-state index in [1.165, 1.54) is 5.56 Å². The molecule has 2 fully saturated rings. The Kier molecular flexibility index (Phi) is 5.61. The number of piperazine rings is 1. The number of halogens is 1. The molecule has 0 aromatic heterocycles. The topological polar surface area (TPSA) is 23.6 Å². The molecule has 0 N–H and O–H groups in total. The zero-order valence-electron chi connectivity index (χ0n) is 15.4. The van der Waals surface area contributed by atoms with E-state index < -0.39 is 0 Å². The van der Waals surface area contributed by atoms with Crippen LogP contribution in [0, 0.1) is 5.92 Å². The summed E-state index contributed by atoms with van der Waals surface area (Å²) < 4.78 is 0. The Morgan fingerprint density at radius 3 is 2.44 bits per heavy atom. The van der Waals surface area contributed by atoms with E-state index in [4.69, 9.17) is 11.6 Å². The number of nitrogens with zero attached hydrogens (tertiary/aromatic N) is 2. The third-order valence-corrected chi connectivity index (χ3v) is 5.91. The van der Waals surface area contributed by atoms with Crippen LogP contribution in [0.25, 0.3) is 6.08 Å². The molecule has 140 valence electrons. The molecule has 0 spiro atoms. The average Bonchev–Trinajstić information content (AvgIpc) is 3.50. The van der Waals surface area contributed by atoms with E-state index in [9.17, 15) is 4.79 Å². The summed E-state index contributed by atoms with van der Waals surface area (Å²) in [4.78, 5) is 17.3. The zero-order valence-corrected chi connectivity index (χ0v) is 16.2. The molecule has 0 radical (unpaired) electrons. The number of carbonyl (C=O) groups excluding carboxylic acids is 1. The van der Waals surface area contributed by atoms with Crippen molar-refractivity contribution >= 4 is 23.6 Å². The van der Waals surface area contributed by atoms with Crippen LogP contribution in [-0.4, -0.2) is 48.4 Å². The van der Waals surface area contributed by atoms with Crippen molar-refractivity contribution in [2.75, 3.05) is 32.7 Å². The maximum atomic E-state index is 12.8. The van der Waals surface area contributed by atoms with Crippen LogP contribution < -0.4 is 0 Å². The second-order valence-corrected chi connectivity index (χ2v) is 7.82. The Balaban J connectivity index is 1.24. The van der Waals surface area contributed by atoms with Gasteiger partial charge in [0.1, 0.15) is 0 Å². The first kappa shape index (κ1) is 18.3. The summed E-state index contributed by atoms with van der Waals surface area (Å²) in [6.45, 7) is 4.46. The summed E-state index contributed by atoms with van der Waals surface area (Å²) >= 11 is 6.29. The SMILES string of the molecule is O=C(C1CC1c1ccccc1Cl)N1CCN(C/C=C/c2ccccc2)CC1. The van der Waals surface area contributed by atoms with Gasteiger partial charge in [-0.2, -0.15) is 0 Å². The molecule has 1 saturated carbocycles. The summed E-state index contributed by atoms with van der Waals surface area (Å²) in [7, 11) is 0.